The van der Waals surface area contributed by atoms with Crippen LogP contribution in [0.1, 0.15) is 20.8 Å². The van der Waals surface area contributed by atoms with Crippen molar-refractivity contribution in [3.05, 3.63) is 24.3 Å². The average Bonchev–Trinajstić information content (AvgIpc) is 2.61. The second kappa shape index (κ2) is 7.01. The topological polar surface area (TPSA) is 36.0 Å². The summed E-state index contributed by atoms with van der Waals surface area (Å²) in [6.07, 6.45) is 0. The Morgan fingerprint density at radius 3 is 1.88 bits per heavy atom. The van der Waals surface area contributed by atoms with Crippen LogP contribution in [0.25, 0.3) is 0 Å². The molecule has 0 saturated carbocycles. The third-order valence-corrected chi connectivity index (χ3v) is 4.78. The molecule has 5 heteroatoms. The van der Waals surface area contributed by atoms with Crippen molar-refractivity contribution in [2.75, 3.05) is 62.3 Å². The van der Waals surface area contributed by atoms with Gasteiger partial charge in [0.25, 0.3) is 0 Å². The molecule has 132 valence electrons. The number of para-hydroxylation sites is 2. The van der Waals surface area contributed by atoms with Crippen LogP contribution in [0.2, 0.25) is 0 Å². The zero-order valence-electron chi connectivity index (χ0n) is 15.1. The number of piperazine rings is 1. The quantitative estimate of drug-likeness (QED) is 0.832. The minimum atomic E-state index is -0.298. The van der Waals surface area contributed by atoms with Crippen LogP contribution < -0.4 is 9.80 Å². The van der Waals surface area contributed by atoms with Crippen molar-refractivity contribution >= 4 is 17.3 Å². The zero-order valence-corrected chi connectivity index (χ0v) is 15.1. The fourth-order valence-corrected chi connectivity index (χ4v) is 3.43. The summed E-state index contributed by atoms with van der Waals surface area (Å²) in [4.78, 5) is 19.3. The minimum Gasteiger partial charge on any atom is -0.378 e. The van der Waals surface area contributed by atoms with Gasteiger partial charge in [-0.25, -0.2) is 0 Å². The molecule has 1 aromatic carbocycles. The lowest BCUT2D eigenvalue weighted by atomic mass is 9.94. The summed E-state index contributed by atoms with van der Waals surface area (Å²) >= 11 is 0. The zero-order chi connectivity index (χ0) is 17.2. The lowest BCUT2D eigenvalue weighted by molar-refractivity contribution is -0.139. The van der Waals surface area contributed by atoms with Crippen LogP contribution in [0.3, 0.4) is 0 Å². The number of nitrogens with zero attached hydrogens (tertiary/aromatic N) is 3. The lowest BCUT2D eigenvalue weighted by Gasteiger charge is -2.40. The summed E-state index contributed by atoms with van der Waals surface area (Å²) in [6.45, 7) is 12.8. The summed E-state index contributed by atoms with van der Waals surface area (Å²) in [5, 5.41) is 0. The predicted molar refractivity (Wildman–Crippen MR) is 97.7 cm³/mol. The number of rotatable bonds is 2. The van der Waals surface area contributed by atoms with Crippen molar-refractivity contribution in [3.8, 4) is 0 Å². The number of amides is 1. The van der Waals surface area contributed by atoms with Gasteiger partial charge in [0.1, 0.15) is 0 Å². The Morgan fingerprint density at radius 2 is 1.38 bits per heavy atom. The van der Waals surface area contributed by atoms with Crippen molar-refractivity contribution in [1.82, 2.24) is 4.90 Å². The number of morpholine rings is 1. The summed E-state index contributed by atoms with van der Waals surface area (Å²) in [5.74, 6) is 0.253. The number of ether oxygens (including phenoxy) is 1. The average molecular weight is 331 g/mol. The van der Waals surface area contributed by atoms with Crippen LogP contribution in [0.5, 0.6) is 0 Å². The molecule has 3 rings (SSSR count). The van der Waals surface area contributed by atoms with E-state index >= 15 is 0 Å². The Kier molecular flexibility index (Phi) is 4.99. The number of carbonyl (C=O) groups excluding carboxylic acids is 1. The number of carbonyl (C=O) groups is 1. The predicted octanol–water partition coefficient (Wildman–Crippen LogP) is 2.22. The van der Waals surface area contributed by atoms with Gasteiger partial charge in [-0.2, -0.15) is 0 Å². The Balaban J connectivity index is 1.69. The number of hydrogen-bond acceptors (Lipinski definition) is 4. The van der Waals surface area contributed by atoms with Gasteiger partial charge in [0.2, 0.25) is 5.91 Å². The lowest BCUT2D eigenvalue weighted by Crippen LogP contribution is -2.52. The Labute approximate surface area is 145 Å². The molecular formula is C19H29N3O2. The molecular weight excluding hydrogens is 302 g/mol. The molecule has 2 aliphatic heterocycles. The first-order valence-corrected chi connectivity index (χ1v) is 8.93. The highest BCUT2D eigenvalue weighted by Gasteiger charge is 2.30. The molecule has 1 amide bonds. The molecule has 2 fully saturated rings. The van der Waals surface area contributed by atoms with E-state index in [0.29, 0.717) is 0 Å². The van der Waals surface area contributed by atoms with Crippen LogP contribution >= 0.6 is 0 Å². The van der Waals surface area contributed by atoms with Gasteiger partial charge in [0, 0.05) is 44.7 Å². The molecule has 1 aromatic rings. The molecule has 2 aliphatic rings. The van der Waals surface area contributed by atoms with E-state index in [4.69, 9.17) is 4.74 Å². The molecule has 0 unspecified atom stereocenters. The van der Waals surface area contributed by atoms with E-state index in [1.54, 1.807) is 0 Å². The SMILES string of the molecule is CC(C)(C)C(=O)N1CCN(c2ccccc2N2CCOCC2)CC1. The van der Waals surface area contributed by atoms with Gasteiger partial charge in [-0.15, -0.1) is 0 Å². The van der Waals surface area contributed by atoms with Crippen LogP contribution in [0.4, 0.5) is 11.4 Å². The summed E-state index contributed by atoms with van der Waals surface area (Å²) in [7, 11) is 0. The second-order valence-electron chi connectivity index (χ2n) is 7.62. The highest BCUT2D eigenvalue weighted by Crippen LogP contribution is 2.31. The normalized spacial score (nSPS) is 19.5. The van der Waals surface area contributed by atoms with E-state index in [1.807, 2.05) is 25.7 Å². The first-order valence-electron chi connectivity index (χ1n) is 8.93. The molecule has 2 saturated heterocycles. The van der Waals surface area contributed by atoms with Crippen LogP contribution in [0, 0.1) is 5.41 Å². The maximum absolute atomic E-state index is 12.5. The van der Waals surface area contributed by atoms with E-state index in [-0.39, 0.29) is 11.3 Å². The Hall–Kier alpha value is -1.75. The first-order chi connectivity index (χ1) is 11.5. The molecule has 2 heterocycles. The third-order valence-electron chi connectivity index (χ3n) is 4.78. The summed E-state index contributed by atoms with van der Waals surface area (Å²) < 4.78 is 5.48. The molecule has 0 radical (unpaired) electrons. The van der Waals surface area contributed by atoms with Gasteiger partial charge in [0.15, 0.2) is 0 Å². The van der Waals surface area contributed by atoms with Crippen LogP contribution in [-0.4, -0.2) is 63.3 Å². The van der Waals surface area contributed by atoms with Gasteiger partial charge in [-0.05, 0) is 12.1 Å². The van der Waals surface area contributed by atoms with E-state index in [0.717, 1.165) is 52.5 Å². The van der Waals surface area contributed by atoms with Crippen molar-refractivity contribution in [3.63, 3.8) is 0 Å². The molecule has 0 bridgehead atoms. The largest absolute Gasteiger partial charge is 0.378 e. The van der Waals surface area contributed by atoms with Crippen molar-refractivity contribution in [2.24, 2.45) is 5.41 Å². The number of anilines is 2. The van der Waals surface area contributed by atoms with Gasteiger partial charge >= 0.3 is 0 Å². The maximum atomic E-state index is 12.5. The molecule has 24 heavy (non-hydrogen) atoms. The number of hydrogen-bond donors (Lipinski definition) is 0. The molecule has 0 aromatic heterocycles. The molecule has 0 spiro atoms. The fraction of sp³-hybridized carbons (Fsp3) is 0.632. The smallest absolute Gasteiger partial charge is 0.228 e. The molecule has 0 atom stereocenters. The standard InChI is InChI=1S/C19H29N3O2/c1-19(2,3)18(23)22-10-8-20(9-11-22)16-6-4-5-7-17(16)21-12-14-24-15-13-21/h4-7H,8-15H2,1-3H3. The monoisotopic (exact) mass is 331 g/mol. The van der Waals surface area contributed by atoms with E-state index in [9.17, 15) is 4.79 Å². The van der Waals surface area contributed by atoms with E-state index < -0.39 is 0 Å². The summed E-state index contributed by atoms with van der Waals surface area (Å²) in [5.41, 5.74) is 2.27. The van der Waals surface area contributed by atoms with Gasteiger partial charge in [-0.3, -0.25) is 4.79 Å². The van der Waals surface area contributed by atoms with Crippen molar-refractivity contribution in [1.29, 1.82) is 0 Å². The van der Waals surface area contributed by atoms with Gasteiger partial charge < -0.3 is 19.4 Å². The molecule has 0 aliphatic carbocycles. The van der Waals surface area contributed by atoms with Gasteiger partial charge in [-0.1, -0.05) is 32.9 Å². The van der Waals surface area contributed by atoms with Gasteiger partial charge in [0.05, 0.1) is 24.6 Å². The second-order valence-corrected chi connectivity index (χ2v) is 7.62. The summed E-state index contributed by atoms with van der Waals surface area (Å²) in [6, 6.07) is 8.61. The Bertz CT molecular complexity index is 568. The van der Waals surface area contributed by atoms with Crippen molar-refractivity contribution in [2.45, 2.75) is 20.8 Å². The highest BCUT2D eigenvalue weighted by molar-refractivity contribution is 5.82. The minimum absolute atomic E-state index is 0.253. The van der Waals surface area contributed by atoms with Crippen molar-refractivity contribution < 1.29 is 9.53 Å². The third kappa shape index (κ3) is 3.66. The molecule has 5 nitrogen and oxygen atoms in total. The maximum Gasteiger partial charge on any atom is 0.228 e. The Morgan fingerprint density at radius 1 is 0.875 bits per heavy atom. The number of benzene rings is 1. The van der Waals surface area contributed by atoms with E-state index in [2.05, 4.69) is 34.1 Å². The van der Waals surface area contributed by atoms with Crippen LogP contribution in [-0.2, 0) is 9.53 Å². The fourth-order valence-electron chi connectivity index (χ4n) is 3.43. The molecule has 0 N–H and O–H groups in total. The first kappa shape index (κ1) is 17.1. The van der Waals surface area contributed by atoms with E-state index in [1.165, 1.54) is 11.4 Å². The van der Waals surface area contributed by atoms with Crippen LogP contribution in [0.15, 0.2) is 24.3 Å². The highest BCUT2D eigenvalue weighted by atomic mass is 16.5.